The quantitative estimate of drug-likeness (QED) is 0.625. The normalized spacial score (nSPS) is 10.3. The fraction of sp³-hybridized carbons (Fsp3) is 0.250. The molecular weight excluding hydrogens is 264 g/mol. The molecule has 0 N–H and O–H groups in total. The minimum absolute atomic E-state index is 0.164. The molecule has 0 aliphatic heterocycles. The second kappa shape index (κ2) is 5.75. The van der Waals surface area contributed by atoms with Crippen LogP contribution in [0.5, 0.6) is 0 Å². The van der Waals surface area contributed by atoms with Crippen molar-refractivity contribution in [3.8, 4) is 0 Å². The van der Waals surface area contributed by atoms with Crippen LogP contribution in [0.1, 0.15) is 21.9 Å². The first-order valence-corrected chi connectivity index (χ1v) is 6.30. The fourth-order valence-corrected chi connectivity index (χ4v) is 2.26. The lowest BCUT2D eigenvalue weighted by atomic mass is 10.4. The highest BCUT2D eigenvalue weighted by Crippen LogP contribution is 2.22. The average molecular weight is 276 g/mol. The summed E-state index contributed by atoms with van der Waals surface area (Å²) in [6.45, 7) is 3.80. The lowest BCUT2D eigenvalue weighted by molar-refractivity contribution is 0.0592. The lowest BCUT2D eigenvalue weighted by Crippen LogP contribution is -2.05. The van der Waals surface area contributed by atoms with Gasteiger partial charge in [-0.1, -0.05) is 0 Å². The Morgan fingerprint density at radius 1 is 1.16 bits per heavy atom. The molecule has 2 aromatic rings. The highest BCUT2D eigenvalue weighted by atomic mass is 32.2. The van der Waals surface area contributed by atoms with Gasteiger partial charge in [0, 0.05) is 11.4 Å². The second-order valence-corrected chi connectivity index (χ2v) is 4.76. The van der Waals surface area contributed by atoms with Crippen LogP contribution in [0.2, 0.25) is 0 Å². The van der Waals surface area contributed by atoms with Crippen LogP contribution in [0.15, 0.2) is 28.6 Å². The molecule has 19 heavy (non-hydrogen) atoms. The Balaban J connectivity index is 2.25. The van der Waals surface area contributed by atoms with Crippen LogP contribution in [0.25, 0.3) is 0 Å². The number of rotatable bonds is 3. The number of aromatic nitrogens is 4. The van der Waals surface area contributed by atoms with Crippen molar-refractivity contribution >= 4 is 17.7 Å². The summed E-state index contributed by atoms with van der Waals surface area (Å²) < 4.78 is 4.60. The Kier molecular flexibility index (Phi) is 4.06. The molecule has 0 aromatic carbocycles. The molecule has 2 rings (SSSR count). The van der Waals surface area contributed by atoms with Gasteiger partial charge in [0.2, 0.25) is 0 Å². The number of carbonyl (C=O) groups is 1. The molecule has 0 unspecified atom stereocenters. The third-order valence-electron chi connectivity index (χ3n) is 2.16. The van der Waals surface area contributed by atoms with Gasteiger partial charge in [0.05, 0.1) is 19.5 Å². The average Bonchev–Trinajstić information content (AvgIpc) is 2.37. The molecular formula is C12H12N4O2S. The van der Waals surface area contributed by atoms with Crippen molar-refractivity contribution in [3.05, 3.63) is 35.5 Å². The van der Waals surface area contributed by atoms with E-state index in [-0.39, 0.29) is 5.69 Å². The molecule has 98 valence electrons. The third-order valence-corrected chi connectivity index (χ3v) is 2.94. The SMILES string of the molecule is COC(=O)c1cncc(Sc2nc(C)cc(C)n2)n1. The van der Waals surface area contributed by atoms with E-state index in [4.69, 9.17) is 0 Å². The minimum Gasteiger partial charge on any atom is -0.464 e. The molecule has 0 saturated heterocycles. The first-order chi connectivity index (χ1) is 9.08. The summed E-state index contributed by atoms with van der Waals surface area (Å²) in [5.41, 5.74) is 1.93. The first kappa shape index (κ1) is 13.4. The van der Waals surface area contributed by atoms with E-state index in [2.05, 4.69) is 24.7 Å². The Hall–Kier alpha value is -2.02. The summed E-state index contributed by atoms with van der Waals surface area (Å²) in [7, 11) is 1.30. The van der Waals surface area contributed by atoms with Gasteiger partial charge in [-0.2, -0.15) is 0 Å². The van der Waals surface area contributed by atoms with Crippen LogP contribution >= 0.6 is 11.8 Å². The summed E-state index contributed by atoms with van der Waals surface area (Å²) in [6.07, 6.45) is 2.91. The number of aryl methyl sites for hydroxylation is 2. The van der Waals surface area contributed by atoms with E-state index in [1.54, 1.807) is 6.20 Å². The Labute approximate surface area is 114 Å². The van der Waals surface area contributed by atoms with Gasteiger partial charge in [0.1, 0.15) is 5.03 Å². The van der Waals surface area contributed by atoms with Gasteiger partial charge >= 0.3 is 5.97 Å². The monoisotopic (exact) mass is 276 g/mol. The first-order valence-electron chi connectivity index (χ1n) is 5.49. The van der Waals surface area contributed by atoms with Gasteiger partial charge in [0.15, 0.2) is 10.9 Å². The van der Waals surface area contributed by atoms with Crippen molar-refractivity contribution in [2.45, 2.75) is 24.0 Å². The fourth-order valence-electron chi connectivity index (χ4n) is 1.43. The van der Waals surface area contributed by atoms with Crippen molar-refractivity contribution in [1.82, 2.24) is 19.9 Å². The number of ether oxygens (including phenoxy) is 1. The number of nitrogens with zero attached hydrogens (tertiary/aromatic N) is 4. The summed E-state index contributed by atoms with van der Waals surface area (Å²) in [5, 5.41) is 1.13. The molecule has 0 radical (unpaired) electrons. The molecule has 2 heterocycles. The molecule has 0 saturated carbocycles. The van der Waals surface area contributed by atoms with Crippen molar-refractivity contribution in [3.63, 3.8) is 0 Å². The zero-order chi connectivity index (χ0) is 13.8. The maximum atomic E-state index is 11.4. The zero-order valence-corrected chi connectivity index (χ0v) is 11.6. The molecule has 6 nitrogen and oxygen atoms in total. The summed E-state index contributed by atoms with van der Waals surface area (Å²) in [6, 6.07) is 1.89. The zero-order valence-electron chi connectivity index (χ0n) is 10.7. The number of methoxy groups -OCH3 is 1. The Bertz CT molecular complexity index is 598. The maximum absolute atomic E-state index is 11.4. The van der Waals surface area contributed by atoms with Crippen LogP contribution in [0, 0.1) is 13.8 Å². The smallest absolute Gasteiger partial charge is 0.358 e. The lowest BCUT2D eigenvalue weighted by Gasteiger charge is -2.03. The molecule has 0 spiro atoms. The van der Waals surface area contributed by atoms with Gasteiger partial charge < -0.3 is 4.74 Å². The third kappa shape index (κ3) is 3.47. The van der Waals surface area contributed by atoms with Crippen LogP contribution in [-0.2, 0) is 4.74 Å². The number of esters is 1. The van der Waals surface area contributed by atoms with Gasteiger partial charge in [-0.15, -0.1) is 0 Å². The highest BCUT2D eigenvalue weighted by Gasteiger charge is 2.10. The topological polar surface area (TPSA) is 77.9 Å². The van der Waals surface area contributed by atoms with Gasteiger partial charge in [-0.25, -0.2) is 19.7 Å². The van der Waals surface area contributed by atoms with Crippen LogP contribution < -0.4 is 0 Å². The Morgan fingerprint density at radius 2 is 1.84 bits per heavy atom. The van der Waals surface area contributed by atoms with E-state index < -0.39 is 5.97 Å². The predicted octanol–water partition coefficient (Wildman–Crippen LogP) is 1.82. The van der Waals surface area contributed by atoms with Crippen molar-refractivity contribution in [1.29, 1.82) is 0 Å². The minimum atomic E-state index is -0.517. The standard InChI is InChI=1S/C12H12N4O2S/c1-7-4-8(2)15-12(14-7)19-10-6-13-5-9(16-10)11(17)18-3/h4-6H,1-3H3. The van der Waals surface area contributed by atoms with E-state index in [0.29, 0.717) is 10.2 Å². The van der Waals surface area contributed by atoms with Gasteiger partial charge in [-0.05, 0) is 31.7 Å². The van der Waals surface area contributed by atoms with Crippen LogP contribution in [0.3, 0.4) is 0 Å². The van der Waals surface area contributed by atoms with E-state index in [1.807, 2.05) is 19.9 Å². The maximum Gasteiger partial charge on any atom is 0.358 e. The predicted molar refractivity (Wildman–Crippen MR) is 69.0 cm³/mol. The Morgan fingerprint density at radius 3 is 2.47 bits per heavy atom. The summed E-state index contributed by atoms with van der Waals surface area (Å²) >= 11 is 1.25. The molecule has 7 heteroatoms. The van der Waals surface area contributed by atoms with E-state index in [0.717, 1.165) is 11.4 Å². The molecule has 0 atom stereocenters. The van der Waals surface area contributed by atoms with Crippen molar-refractivity contribution < 1.29 is 9.53 Å². The van der Waals surface area contributed by atoms with E-state index in [1.165, 1.54) is 25.1 Å². The molecule has 0 amide bonds. The van der Waals surface area contributed by atoms with Crippen molar-refractivity contribution in [2.75, 3.05) is 7.11 Å². The summed E-state index contributed by atoms with van der Waals surface area (Å²) in [4.78, 5) is 28.0. The molecule has 0 fully saturated rings. The molecule has 0 aliphatic rings. The van der Waals surface area contributed by atoms with Crippen LogP contribution in [-0.4, -0.2) is 33.0 Å². The second-order valence-electron chi connectivity index (χ2n) is 3.77. The number of carbonyl (C=O) groups excluding carboxylic acids is 1. The van der Waals surface area contributed by atoms with Gasteiger partial charge in [0.25, 0.3) is 0 Å². The van der Waals surface area contributed by atoms with Crippen molar-refractivity contribution in [2.24, 2.45) is 0 Å². The molecule has 0 aliphatic carbocycles. The van der Waals surface area contributed by atoms with E-state index >= 15 is 0 Å². The number of hydrogen-bond donors (Lipinski definition) is 0. The number of hydrogen-bond acceptors (Lipinski definition) is 7. The van der Waals surface area contributed by atoms with Gasteiger partial charge in [-0.3, -0.25) is 4.98 Å². The van der Waals surface area contributed by atoms with E-state index in [9.17, 15) is 4.79 Å². The highest BCUT2D eigenvalue weighted by molar-refractivity contribution is 7.99. The largest absolute Gasteiger partial charge is 0.464 e. The summed E-state index contributed by atoms with van der Waals surface area (Å²) in [5.74, 6) is -0.517. The molecule has 2 aromatic heterocycles. The molecule has 0 bridgehead atoms. The van der Waals surface area contributed by atoms with Crippen LogP contribution in [0.4, 0.5) is 0 Å².